The number of rotatable bonds is 3. The Kier molecular flexibility index (Phi) is 5.25. The summed E-state index contributed by atoms with van der Waals surface area (Å²) in [4.78, 5) is 33.9. The van der Waals surface area contributed by atoms with Crippen LogP contribution in [0.5, 0.6) is 0 Å². The summed E-state index contributed by atoms with van der Waals surface area (Å²) in [6.07, 6.45) is 3.53. The van der Waals surface area contributed by atoms with Crippen molar-refractivity contribution in [3.8, 4) is 11.1 Å². The standard InChI is InChI=1S/C21H22ClN3O2S/c1-13-7-9-24(10-8-13)17(26)11-25-12-23-20-19(21(25)27)18(14(2)28-20)15-3-5-16(22)6-4-15/h3-6,12-13H,7-11H2,1-2H3. The Hall–Kier alpha value is -2.18. The number of aromatic nitrogens is 2. The zero-order chi connectivity index (χ0) is 19.8. The van der Waals surface area contributed by atoms with Gasteiger partial charge in [0.25, 0.3) is 5.56 Å². The first-order valence-electron chi connectivity index (χ1n) is 9.46. The molecule has 0 radical (unpaired) electrons. The largest absolute Gasteiger partial charge is 0.341 e. The minimum atomic E-state index is -0.168. The van der Waals surface area contributed by atoms with Gasteiger partial charge in [-0.25, -0.2) is 4.98 Å². The third-order valence-electron chi connectivity index (χ3n) is 5.43. The Bertz CT molecular complexity index is 1080. The number of aryl methyl sites for hydroxylation is 1. The summed E-state index contributed by atoms with van der Waals surface area (Å²) in [5, 5.41) is 1.23. The number of carbonyl (C=O) groups is 1. The minimum absolute atomic E-state index is 0.0184. The average molecular weight is 416 g/mol. The Morgan fingerprint density at radius 1 is 1.25 bits per heavy atom. The van der Waals surface area contributed by atoms with Crippen molar-refractivity contribution >= 4 is 39.1 Å². The Morgan fingerprint density at radius 3 is 2.61 bits per heavy atom. The number of fused-ring (bicyclic) bond motifs is 1. The Balaban J connectivity index is 1.70. The van der Waals surface area contributed by atoms with Gasteiger partial charge in [-0.15, -0.1) is 11.3 Å². The number of benzene rings is 1. The molecule has 3 heterocycles. The van der Waals surface area contributed by atoms with Crippen LogP contribution in [0.4, 0.5) is 0 Å². The van der Waals surface area contributed by atoms with Crippen LogP contribution in [-0.2, 0) is 11.3 Å². The van der Waals surface area contributed by atoms with Crippen LogP contribution in [0.1, 0.15) is 24.6 Å². The highest BCUT2D eigenvalue weighted by Gasteiger charge is 2.22. The molecule has 0 bridgehead atoms. The van der Waals surface area contributed by atoms with Crippen molar-refractivity contribution in [2.45, 2.75) is 33.2 Å². The zero-order valence-corrected chi connectivity index (χ0v) is 17.5. The van der Waals surface area contributed by atoms with Crippen LogP contribution in [0.15, 0.2) is 35.4 Å². The van der Waals surface area contributed by atoms with Crippen LogP contribution < -0.4 is 5.56 Å². The lowest BCUT2D eigenvalue weighted by Gasteiger charge is -2.30. The number of carbonyl (C=O) groups excluding carboxylic acids is 1. The first-order chi connectivity index (χ1) is 13.4. The second-order valence-electron chi connectivity index (χ2n) is 7.46. The summed E-state index contributed by atoms with van der Waals surface area (Å²) in [5.74, 6) is 0.635. The highest BCUT2D eigenvalue weighted by Crippen LogP contribution is 2.35. The average Bonchev–Trinajstić information content (AvgIpc) is 3.02. The van der Waals surface area contributed by atoms with Crippen molar-refractivity contribution in [3.05, 3.63) is 50.8 Å². The van der Waals surface area contributed by atoms with Gasteiger partial charge >= 0.3 is 0 Å². The van der Waals surface area contributed by atoms with Crippen LogP contribution in [0.25, 0.3) is 21.3 Å². The molecule has 1 aliphatic heterocycles. The maximum atomic E-state index is 13.2. The van der Waals surface area contributed by atoms with Crippen LogP contribution in [0, 0.1) is 12.8 Å². The molecule has 1 fully saturated rings. The maximum absolute atomic E-state index is 13.2. The topological polar surface area (TPSA) is 55.2 Å². The van der Waals surface area contributed by atoms with E-state index in [1.807, 2.05) is 36.1 Å². The van der Waals surface area contributed by atoms with Gasteiger partial charge in [0.05, 0.1) is 11.7 Å². The van der Waals surface area contributed by atoms with Gasteiger partial charge in [0.2, 0.25) is 5.91 Å². The molecule has 0 spiro atoms. The fourth-order valence-corrected chi connectivity index (χ4v) is 4.85. The second-order valence-corrected chi connectivity index (χ2v) is 9.10. The lowest BCUT2D eigenvalue weighted by molar-refractivity contribution is -0.133. The van der Waals surface area contributed by atoms with E-state index in [2.05, 4.69) is 11.9 Å². The van der Waals surface area contributed by atoms with Crippen LogP contribution in [-0.4, -0.2) is 33.4 Å². The fourth-order valence-electron chi connectivity index (χ4n) is 3.72. The summed E-state index contributed by atoms with van der Waals surface area (Å²) in [6.45, 7) is 5.75. The van der Waals surface area contributed by atoms with Gasteiger partial charge in [0.1, 0.15) is 11.4 Å². The molecular weight excluding hydrogens is 394 g/mol. The summed E-state index contributed by atoms with van der Waals surface area (Å²) < 4.78 is 1.44. The molecule has 1 amide bonds. The number of piperidine rings is 1. The predicted octanol–water partition coefficient (Wildman–Crippen LogP) is 4.35. The SMILES string of the molecule is Cc1sc2ncn(CC(=O)N3CCC(C)CC3)c(=O)c2c1-c1ccc(Cl)cc1. The quantitative estimate of drug-likeness (QED) is 0.639. The molecule has 4 rings (SSSR count). The van der Waals surface area contributed by atoms with Gasteiger partial charge in [-0.1, -0.05) is 30.7 Å². The van der Waals surface area contributed by atoms with Crippen molar-refractivity contribution in [1.82, 2.24) is 14.5 Å². The molecule has 28 heavy (non-hydrogen) atoms. The molecule has 0 atom stereocenters. The van der Waals surface area contributed by atoms with Gasteiger partial charge in [-0.3, -0.25) is 14.2 Å². The molecule has 1 saturated heterocycles. The van der Waals surface area contributed by atoms with Crippen molar-refractivity contribution in [1.29, 1.82) is 0 Å². The Labute approximate surface area is 172 Å². The van der Waals surface area contributed by atoms with E-state index < -0.39 is 0 Å². The van der Waals surface area contributed by atoms with E-state index >= 15 is 0 Å². The molecule has 146 valence electrons. The van der Waals surface area contributed by atoms with Crippen molar-refractivity contribution in [3.63, 3.8) is 0 Å². The summed E-state index contributed by atoms with van der Waals surface area (Å²) >= 11 is 7.50. The van der Waals surface area contributed by atoms with Crippen LogP contribution in [0.2, 0.25) is 5.02 Å². The van der Waals surface area contributed by atoms with Crippen LogP contribution in [0.3, 0.4) is 0 Å². The van der Waals surface area contributed by atoms with E-state index in [1.165, 1.54) is 22.2 Å². The third kappa shape index (κ3) is 3.59. The number of thiophene rings is 1. The van der Waals surface area contributed by atoms with E-state index in [1.54, 1.807) is 0 Å². The minimum Gasteiger partial charge on any atom is -0.341 e. The maximum Gasteiger partial charge on any atom is 0.263 e. The molecular formula is C21H22ClN3O2S. The number of likely N-dealkylation sites (tertiary alicyclic amines) is 1. The van der Waals surface area contributed by atoms with Crippen molar-refractivity contribution < 1.29 is 4.79 Å². The highest BCUT2D eigenvalue weighted by molar-refractivity contribution is 7.19. The number of amides is 1. The normalized spacial score (nSPS) is 15.3. The first-order valence-corrected chi connectivity index (χ1v) is 10.7. The van der Waals surface area contributed by atoms with E-state index in [4.69, 9.17) is 11.6 Å². The van der Waals surface area contributed by atoms with E-state index in [0.29, 0.717) is 21.2 Å². The van der Waals surface area contributed by atoms with Gasteiger partial charge in [-0.05, 0) is 43.4 Å². The van der Waals surface area contributed by atoms with Gasteiger partial charge in [-0.2, -0.15) is 0 Å². The molecule has 1 aliphatic rings. The first kappa shape index (κ1) is 19.2. The third-order valence-corrected chi connectivity index (χ3v) is 6.69. The van der Waals surface area contributed by atoms with Gasteiger partial charge in [0.15, 0.2) is 0 Å². The lowest BCUT2D eigenvalue weighted by atomic mass is 9.99. The second kappa shape index (κ2) is 7.68. The molecule has 7 heteroatoms. The fraction of sp³-hybridized carbons (Fsp3) is 0.381. The van der Waals surface area contributed by atoms with E-state index in [9.17, 15) is 9.59 Å². The number of halogens is 1. The summed E-state index contributed by atoms with van der Waals surface area (Å²) in [5.41, 5.74) is 1.64. The highest BCUT2D eigenvalue weighted by atomic mass is 35.5. The molecule has 1 aromatic carbocycles. The molecule has 0 aliphatic carbocycles. The van der Waals surface area contributed by atoms with Crippen molar-refractivity contribution in [2.75, 3.05) is 13.1 Å². The molecule has 0 unspecified atom stereocenters. The lowest BCUT2D eigenvalue weighted by Crippen LogP contribution is -2.41. The van der Waals surface area contributed by atoms with Crippen LogP contribution >= 0.6 is 22.9 Å². The number of hydrogen-bond acceptors (Lipinski definition) is 4. The zero-order valence-electron chi connectivity index (χ0n) is 15.9. The number of nitrogens with zero attached hydrogens (tertiary/aromatic N) is 3. The van der Waals surface area contributed by atoms with Crippen molar-refractivity contribution in [2.24, 2.45) is 5.92 Å². The Morgan fingerprint density at radius 2 is 1.93 bits per heavy atom. The van der Waals surface area contributed by atoms with Gasteiger partial charge < -0.3 is 4.90 Å². The monoisotopic (exact) mass is 415 g/mol. The smallest absolute Gasteiger partial charge is 0.263 e. The van der Waals surface area contributed by atoms with E-state index in [0.717, 1.165) is 41.9 Å². The summed E-state index contributed by atoms with van der Waals surface area (Å²) in [6, 6.07) is 7.45. The van der Waals surface area contributed by atoms with Gasteiger partial charge in [0, 0.05) is 28.6 Å². The predicted molar refractivity (Wildman–Crippen MR) is 114 cm³/mol. The summed E-state index contributed by atoms with van der Waals surface area (Å²) in [7, 11) is 0. The molecule has 0 saturated carbocycles. The molecule has 0 N–H and O–H groups in total. The van der Waals surface area contributed by atoms with E-state index in [-0.39, 0.29) is 18.0 Å². The molecule has 2 aromatic heterocycles. The number of hydrogen-bond donors (Lipinski definition) is 0. The molecule has 3 aromatic rings. The molecule has 5 nitrogen and oxygen atoms in total.